The lowest BCUT2D eigenvalue weighted by molar-refractivity contribution is -0.136. The van der Waals surface area contributed by atoms with Gasteiger partial charge in [-0.3, -0.25) is 0 Å². The van der Waals surface area contributed by atoms with Crippen molar-refractivity contribution in [1.82, 2.24) is 5.32 Å². The molecule has 9 heteroatoms. The molecule has 2 rings (SSSR count). The molecule has 0 aliphatic heterocycles. The summed E-state index contributed by atoms with van der Waals surface area (Å²) in [4.78, 5) is 11.8. The van der Waals surface area contributed by atoms with Crippen molar-refractivity contribution >= 4 is 46.5 Å². The van der Waals surface area contributed by atoms with Gasteiger partial charge >= 0.3 is 12.2 Å². The van der Waals surface area contributed by atoms with Crippen LogP contribution in [0.3, 0.4) is 0 Å². The van der Waals surface area contributed by atoms with E-state index in [1.807, 2.05) is 0 Å². The Kier molecular flexibility index (Phi) is 6.43. The van der Waals surface area contributed by atoms with Crippen LogP contribution in [0, 0.1) is 0 Å². The van der Waals surface area contributed by atoms with E-state index in [-0.39, 0.29) is 17.3 Å². The van der Waals surface area contributed by atoms with Crippen molar-refractivity contribution in [3.05, 3.63) is 62.6 Å². The third kappa shape index (κ3) is 5.70. The molecule has 0 saturated carbocycles. The van der Waals surface area contributed by atoms with E-state index in [4.69, 9.17) is 34.8 Å². The van der Waals surface area contributed by atoms with Gasteiger partial charge in [0.25, 0.3) is 0 Å². The van der Waals surface area contributed by atoms with Gasteiger partial charge in [-0.05, 0) is 42.3 Å². The number of alkyl halides is 3. The molecule has 134 valence electrons. The number of amides is 2. The normalized spacial score (nSPS) is 11.3. The summed E-state index contributed by atoms with van der Waals surface area (Å²) >= 11 is 17.3. The zero-order valence-corrected chi connectivity index (χ0v) is 14.8. The second-order valence-electron chi connectivity index (χ2n) is 5.07. The van der Waals surface area contributed by atoms with Gasteiger partial charge in [0.1, 0.15) is 0 Å². The summed E-state index contributed by atoms with van der Waals surface area (Å²) in [5, 5.41) is 5.39. The molecule has 0 aromatic heterocycles. The van der Waals surface area contributed by atoms with Crippen molar-refractivity contribution in [1.29, 1.82) is 0 Å². The van der Waals surface area contributed by atoms with E-state index in [9.17, 15) is 18.0 Å². The Morgan fingerprint density at radius 2 is 1.72 bits per heavy atom. The van der Waals surface area contributed by atoms with Crippen molar-refractivity contribution in [2.45, 2.75) is 12.6 Å². The Morgan fingerprint density at radius 3 is 2.36 bits per heavy atom. The zero-order chi connectivity index (χ0) is 18.6. The minimum atomic E-state index is -4.63. The van der Waals surface area contributed by atoms with Gasteiger partial charge in [0.2, 0.25) is 0 Å². The smallest absolute Gasteiger partial charge is 0.338 e. The van der Waals surface area contributed by atoms with Crippen LogP contribution >= 0.6 is 34.8 Å². The topological polar surface area (TPSA) is 41.1 Å². The molecule has 0 saturated heterocycles. The van der Waals surface area contributed by atoms with Gasteiger partial charge in [0.05, 0.1) is 21.3 Å². The predicted molar refractivity (Wildman–Crippen MR) is 93.6 cm³/mol. The number of benzene rings is 2. The van der Waals surface area contributed by atoms with E-state index in [1.54, 1.807) is 18.2 Å². The summed E-state index contributed by atoms with van der Waals surface area (Å²) in [6, 6.07) is 7.40. The molecule has 0 fully saturated rings. The first-order valence-corrected chi connectivity index (χ1v) is 8.16. The molecular formula is C16H12Cl3F3N2O. The SMILES string of the molecule is O=C(NCCc1ccc(Cl)c(Cl)c1)Nc1ccc(Cl)cc1C(F)(F)F. The number of urea groups is 1. The molecule has 2 N–H and O–H groups in total. The molecule has 0 radical (unpaired) electrons. The minimum Gasteiger partial charge on any atom is -0.338 e. The van der Waals surface area contributed by atoms with E-state index >= 15 is 0 Å². The number of halogens is 6. The van der Waals surface area contributed by atoms with E-state index < -0.39 is 17.8 Å². The first kappa shape index (κ1) is 19.7. The van der Waals surface area contributed by atoms with Gasteiger partial charge in [0.15, 0.2) is 0 Å². The third-order valence-corrected chi connectivity index (χ3v) is 4.19. The maximum atomic E-state index is 13.0. The highest BCUT2D eigenvalue weighted by atomic mass is 35.5. The Hall–Kier alpha value is -1.63. The summed E-state index contributed by atoms with van der Waals surface area (Å²) in [5.41, 5.74) is -0.555. The van der Waals surface area contributed by atoms with Crippen molar-refractivity contribution in [2.75, 3.05) is 11.9 Å². The molecule has 2 aromatic rings. The number of carbonyl (C=O) groups excluding carboxylic acids is 1. The van der Waals surface area contributed by atoms with Crippen molar-refractivity contribution in [3.8, 4) is 0 Å². The molecule has 0 spiro atoms. The van der Waals surface area contributed by atoms with Gasteiger partial charge < -0.3 is 10.6 Å². The molecule has 0 aliphatic carbocycles. The highest BCUT2D eigenvalue weighted by Gasteiger charge is 2.34. The van der Waals surface area contributed by atoms with Gasteiger partial charge in [-0.1, -0.05) is 40.9 Å². The van der Waals surface area contributed by atoms with Crippen LogP contribution in [0.2, 0.25) is 15.1 Å². The van der Waals surface area contributed by atoms with Crippen LogP contribution in [0.25, 0.3) is 0 Å². The van der Waals surface area contributed by atoms with Gasteiger partial charge in [-0.2, -0.15) is 13.2 Å². The highest BCUT2D eigenvalue weighted by Crippen LogP contribution is 2.36. The van der Waals surface area contributed by atoms with Crippen LogP contribution < -0.4 is 10.6 Å². The number of carbonyl (C=O) groups is 1. The first-order chi connectivity index (χ1) is 11.7. The zero-order valence-electron chi connectivity index (χ0n) is 12.6. The van der Waals surface area contributed by atoms with Crippen LogP contribution in [0.5, 0.6) is 0 Å². The summed E-state index contributed by atoms with van der Waals surface area (Å²) < 4.78 is 38.9. The number of hydrogen-bond acceptors (Lipinski definition) is 1. The van der Waals surface area contributed by atoms with E-state index in [1.165, 1.54) is 6.07 Å². The quantitative estimate of drug-likeness (QED) is 0.634. The molecule has 25 heavy (non-hydrogen) atoms. The fourth-order valence-electron chi connectivity index (χ4n) is 2.04. The Bertz CT molecular complexity index is 782. The number of nitrogens with one attached hydrogen (secondary N) is 2. The number of rotatable bonds is 4. The van der Waals surface area contributed by atoms with E-state index in [2.05, 4.69) is 10.6 Å². The molecule has 0 bridgehead atoms. The van der Waals surface area contributed by atoms with Crippen LogP contribution in [-0.2, 0) is 12.6 Å². The molecular weight excluding hydrogens is 400 g/mol. The Morgan fingerprint density at radius 1 is 1.00 bits per heavy atom. The number of hydrogen-bond donors (Lipinski definition) is 2. The molecule has 0 atom stereocenters. The minimum absolute atomic E-state index is 0.0714. The average Bonchev–Trinajstić information content (AvgIpc) is 2.51. The maximum absolute atomic E-state index is 13.0. The average molecular weight is 412 g/mol. The largest absolute Gasteiger partial charge is 0.418 e. The summed E-state index contributed by atoms with van der Waals surface area (Å²) in [5.74, 6) is 0. The molecule has 0 heterocycles. The van der Waals surface area contributed by atoms with Gasteiger partial charge in [0, 0.05) is 11.6 Å². The summed E-state index contributed by atoms with van der Waals surface area (Å²) in [7, 11) is 0. The van der Waals surface area contributed by atoms with Crippen LogP contribution in [-0.4, -0.2) is 12.6 Å². The maximum Gasteiger partial charge on any atom is 0.418 e. The Labute approximate surface area is 157 Å². The van der Waals surface area contributed by atoms with Crippen molar-refractivity contribution in [2.24, 2.45) is 0 Å². The van der Waals surface area contributed by atoms with Crippen LogP contribution in [0.1, 0.15) is 11.1 Å². The Balaban J connectivity index is 1.95. The molecule has 3 nitrogen and oxygen atoms in total. The second-order valence-corrected chi connectivity index (χ2v) is 6.32. The van der Waals surface area contributed by atoms with Gasteiger partial charge in [-0.15, -0.1) is 0 Å². The highest BCUT2D eigenvalue weighted by molar-refractivity contribution is 6.42. The lowest BCUT2D eigenvalue weighted by Crippen LogP contribution is -2.31. The fourth-order valence-corrected chi connectivity index (χ4v) is 2.53. The standard InChI is InChI=1S/C16H12Cl3F3N2O/c17-10-2-4-14(11(8-10)16(20,21)22)24-15(25)23-6-5-9-1-3-12(18)13(19)7-9/h1-4,7-8H,5-6H2,(H2,23,24,25). The molecule has 0 unspecified atom stereocenters. The third-order valence-electron chi connectivity index (χ3n) is 3.22. The first-order valence-electron chi connectivity index (χ1n) is 7.02. The monoisotopic (exact) mass is 410 g/mol. The summed E-state index contributed by atoms with van der Waals surface area (Å²) in [6.45, 7) is 0.207. The van der Waals surface area contributed by atoms with Crippen molar-refractivity contribution in [3.63, 3.8) is 0 Å². The molecule has 2 aromatic carbocycles. The van der Waals surface area contributed by atoms with Crippen molar-refractivity contribution < 1.29 is 18.0 Å². The molecule has 0 aliphatic rings. The molecule has 2 amide bonds. The van der Waals surface area contributed by atoms with Gasteiger partial charge in [-0.25, -0.2) is 4.79 Å². The fraction of sp³-hybridized carbons (Fsp3) is 0.188. The lowest BCUT2D eigenvalue weighted by atomic mass is 10.1. The predicted octanol–water partition coefficient (Wildman–Crippen LogP) is 6.03. The van der Waals surface area contributed by atoms with Crippen LogP contribution in [0.15, 0.2) is 36.4 Å². The number of anilines is 1. The second kappa shape index (κ2) is 8.17. The van der Waals surface area contributed by atoms with E-state index in [0.717, 1.165) is 17.7 Å². The summed E-state index contributed by atoms with van der Waals surface area (Å²) in [6.07, 6.45) is -4.19. The van der Waals surface area contributed by atoms with Crippen LogP contribution in [0.4, 0.5) is 23.7 Å². The van der Waals surface area contributed by atoms with E-state index in [0.29, 0.717) is 16.5 Å². The lowest BCUT2D eigenvalue weighted by Gasteiger charge is -2.14.